The van der Waals surface area contributed by atoms with Crippen molar-refractivity contribution < 1.29 is 19.1 Å². The summed E-state index contributed by atoms with van der Waals surface area (Å²) in [4.78, 5) is 27.6. The van der Waals surface area contributed by atoms with Crippen LogP contribution in [0.4, 0.5) is 0 Å². The maximum Gasteiger partial charge on any atom is 0.270 e. The van der Waals surface area contributed by atoms with Crippen LogP contribution in [0.15, 0.2) is 60.3 Å². The zero-order valence-electron chi connectivity index (χ0n) is 17.3. The van der Waals surface area contributed by atoms with Gasteiger partial charge >= 0.3 is 0 Å². The van der Waals surface area contributed by atoms with E-state index in [1.807, 2.05) is 30.3 Å². The Labute approximate surface area is 177 Å². The Bertz CT molecular complexity index is 857. The number of carbonyl (C=O) groups excluding carboxylic acids is 2. The third-order valence-corrected chi connectivity index (χ3v) is 4.77. The molecule has 3 rings (SSSR count). The van der Waals surface area contributed by atoms with Crippen LogP contribution >= 0.6 is 0 Å². The molecule has 0 bridgehead atoms. The summed E-state index contributed by atoms with van der Waals surface area (Å²) in [5, 5.41) is 2.80. The smallest absolute Gasteiger partial charge is 0.270 e. The molecule has 1 N–H and O–H groups in total. The lowest BCUT2D eigenvalue weighted by Gasteiger charge is -2.27. The van der Waals surface area contributed by atoms with E-state index in [1.54, 1.807) is 35.2 Å². The minimum absolute atomic E-state index is 0.213. The average Bonchev–Trinajstić information content (AvgIpc) is 2.80. The number of amides is 2. The lowest BCUT2D eigenvalue weighted by molar-refractivity contribution is -0.131. The summed E-state index contributed by atoms with van der Waals surface area (Å²) in [5.41, 5.74) is 1.55. The van der Waals surface area contributed by atoms with Gasteiger partial charge in [-0.2, -0.15) is 0 Å². The van der Waals surface area contributed by atoms with Crippen molar-refractivity contribution in [1.29, 1.82) is 0 Å². The molecule has 0 aliphatic carbocycles. The number of hydrogen-bond donors (Lipinski definition) is 1. The van der Waals surface area contributed by atoms with Crippen LogP contribution in [0.3, 0.4) is 0 Å². The number of nitrogens with one attached hydrogen (secondary N) is 1. The lowest BCUT2D eigenvalue weighted by Crippen LogP contribution is -2.44. The van der Waals surface area contributed by atoms with E-state index >= 15 is 0 Å². The van der Waals surface area contributed by atoms with Gasteiger partial charge in [-0.15, -0.1) is 0 Å². The largest absolute Gasteiger partial charge is 0.494 e. The van der Waals surface area contributed by atoms with E-state index in [0.29, 0.717) is 38.5 Å². The third-order valence-electron chi connectivity index (χ3n) is 4.77. The maximum atomic E-state index is 13.0. The van der Waals surface area contributed by atoms with E-state index in [-0.39, 0.29) is 17.5 Å². The van der Waals surface area contributed by atoms with Crippen LogP contribution in [-0.2, 0) is 9.53 Å². The lowest BCUT2D eigenvalue weighted by atomic mass is 10.1. The molecule has 30 heavy (non-hydrogen) atoms. The third kappa shape index (κ3) is 6.19. The van der Waals surface area contributed by atoms with Crippen LogP contribution in [0, 0.1) is 0 Å². The summed E-state index contributed by atoms with van der Waals surface area (Å²) in [5.74, 6) is 0.179. The number of nitrogens with zero attached hydrogens (tertiary/aromatic N) is 1. The maximum absolute atomic E-state index is 13.0. The highest BCUT2D eigenvalue weighted by molar-refractivity contribution is 6.05. The van der Waals surface area contributed by atoms with Crippen molar-refractivity contribution in [2.45, 2.75) is 19.8 Å². The Morgan fingerprint density at radius 2 is 1.77 bits per heavy atom. The molecule has 0 saturated carbocycles. The van der Waals surface area contributed by atoms with Crippen LogP contribution in [-0.4, -0.2) is 49.6 Å². The first-order valence-electron chi connectivity index (χ1n) is 10.4. The Balaban J connectivity index is 1.74. The zero-order valence-corrected chi connectivity index (χ0v) is 17.3. The molecule has 1 heterocycles. The van der Waals surface area contributed by atoms with Crippen LogP contribution in [0.25, 0.3) is 6.08 Å². The van der Waals surface area contributed by atoms with Gasteiger partial charge in [0.05, 0.1) is 19.8 Å². The number of benzene rings is 2. The molecule has 6 heteroatoms. The Kier molecular flexibility index (Phi) is 8.03. The van der Waals surface area contributed by atoms with Gasteiger partial charge in [0.2, 0.25) is 0 Å². The van der Waals surface area contributed by atoms with Gasteiger partial charge in [0.25, 0.3) is 11.8 Å². The summed E-state index contributed by atoms with van der Waals surface area (Å²) in [6, 6.07) is 16.4. The van der Waals surface area contributed by atoms with Gasteiger partial charge in [0.15, 0.2) is 0 Å². The van der Waals surface area contributed by atoms with Gasteiger partial charge in [0.1, 0.15) is 11.4 Å². The highest BCUT2D eigenvalue weighted by Gasteiger charge is 2.22. The number of morpholine rings is 1. The molecule has 0 aromatic heterocycles. The molecule has 1 aliphatic heterocycles. The predicted octanol–water partition coefficient (Wildman–Crippen LogP) is 3.50. The summed E-state index contributed by atoms with van der Waals surface area (Å²) in [6.45, 7) is 4.76. The fourth-order valence-electron chi connectivity index (χ4n) is 3.04. The van der Waals surface area contributed by atoms with Crippen molar-refractivity contribution in [2.75, 3.05) is 32.9 Å². The second kappa shape index (κ2) is 11.2. The first kappa shape index (κ1) is 21.6. The fraction of sp³-hybridized carbons (Fsp3) is 0.333. The summed E-state index contributed by atoms with van der Waals surface area (Å²) in [7, 11) is 0. The topological polar surface area (TPSA) is 67.9 Å². The minimum Gasteiger partial charge on any atom is -0.494 e. The van der Waals surface area contributed by atoms with E-state index in [2.05, 4.69) is 12.2 Å². The fourth-order valence-corrected chi connectivity index (χ4v) is 3.04. The Morgan fingerprint density at radius 1 is 1.07 bits per heavy atom. The molecular formula is C24H28N2O4. The first-order valence-corrected chi connectivity index (χ1v) is 10.4. The molecule has 0 radical (unpaired) electrons. The molecule has 2 amide bonds. The van der Waals surface area contributed by atoms with Crippen molar-refractivity contribution in [1.82, 2.24) is 10.2 Å². The van der Waals surface area contributed by atoms with E-state index in [0.717, 1.165) is 24.2 Å². The Morgan fingerprint density at radius 3 is 2.43 bits per heavy atom. The first-order chi connectivity index (χ1) is 14.7. The van der Waals surface area contributed by atoms with E-state index in [1.165, 1.54) is 0 Å². The van der Waals surface area contributed by atoms with Gasteiger partial charge in [-0.05, 0) is 42.3 Å². The van der Waals surface area contributed by atoms with Gasteiger partial charge in [0, 0.05) is 18.7 Å². The highest BCUT2D eigenvalue weighted by atomic mass is 16.5. The molecule has 158 valence electrons. The van der Waals surface area contributed by atoms with Crippen molar-refractivity contribution >= 4 is 17.9 Å². The van der Waals surface area contributed by atoms with Crippen molar-refractivity contribution in [3.05, 3.63) is 71.4 Å². The predicted molar refractivity (Wildman–Crippen MR) is 116 cm³/mol. The summed E-state index contributed by atoms with van der Waals surface area (Å²) in [6.07, 6.45) is 3.76. The number of hydrogen-bond acceptors (Lipinski definition) is 4. The van der Waals surface area contributed by atoms with Gasteiger partial charge in [-0.3, -0.25) is 9.59 Å². The second-order valence-electron chi connectivity index (χ2n) is 7.05. The number of ether oxygens (including phenoxy) is 2. The quantitative estimate of drug-likeness (QED) is 0.536. The zero-order chi connectivity index (χ0) is 21.2. The Hall–Kier alpha value is -3.12. The molecule has 0 unspecified atom stereocenters. The van der Waals surface area contributed by atoms with Gasteiger partial charge in [-0.1, -0.05) is 43.7 Å². The average molecular weight is 408 g/mol. The molecule has 0 atom stereocenters. The molecule has 1 fully saturated rings. The van der Waals surface area contributed by atoms with Crippen LogP contribution < -0.4 is 10.1 Å². The molecule has 0 spiro atoms. The molecule has 2 aromatic rings. The summed E-state index contributed by atoms with van der Waals surface area (Å²) < 4.78 is 11.0. The van der Waals surface area contributed by atoms with Crippen molar-refractivity contribution in [3.63, 3.8) is 0 Å². The molecular weight excluding hydrogens is 380 g/mol. The highest BCUT2D eigenvalue weighted by Crippen LogP contribution is 2.14. The second-order valence-corrected chi connectivity index (χ2v) is 7.05. The van der Waals surface area contributed by atoms with Crippen LogP contribution in [0.2, 0.25) is 0 Å². The monoisotopic (exact) mass is 408 g/mol. The SMILES string of the molecule is CCCCOc1ccc(C(=O)NC(=Cc2ccccc2)C(=O)N2CCOCC2)cc1. The van der Waals surface area contributed by atoms with E-state index < -0.39 is 0 Å². The minimum atomic E-state index is -0.334. The standard InChI is InChI=1S/C24H28N2O4/c1-2-3-15-30-21-11-9-20(10-12-21)23(27)25-22(18-19-7-5-4-6-8-19)24(28)26-13-16-29-17-14-26/h4-12,18H,2-3,13-17H2,1H3,(H,25,27). The van der Waals surface area contributed by atoms with E-state index in [4.69, 9.17) is 9.47 Å². The number of carbonyl (C=O) groups is 2. The normalized spacial score (nSPS) is 14.3. The number of rotatable bonds is 8. The van der Waals surface area contributed by atoms with Crippen molar-refractivity contribution in [3.8, 4) is 5.75 Å². The molecule has 2 aromatic carbocycles. The van der Waals surface area contributed by atoms with Crippen LogP contribution in [0.1, 0.15) is 35.7 Å². The molecule has 1 saturated heterocycles. The van der Waals surface area contributed by atoms with Gasteiger partial charge < -0.3 is 19.7 Å². The molecule has 6 nitrogen and oxygen atoms in total. The van der Waals surface area contributed by atoms with Gasteiger partial charge in [-0.25, -0.2) is 0 Å². The van der Waals surface area contributed by atoms with Crippen molar-refractivity contribution in [2.24, 2.45) is 0 Å². The van der Waals surface area contributed by atoms with E-state index in [9.17, 15) is 9.59 Å². The molecule has 1 aliphatic rings. The number of unbranched alkanes of at least 4 members (excludes halogenated alkanes) is 1. The summed E-state index contributed by atoms with van der Waals surface area (Å²) >= 11 is 0. The van der Waals surface area contributed by atoms with Crippen LogP contribution in [0.5, 0.6) is 5.75 Å².